The van der Waals surface area contributed by atoms with Crippen molar-refractivity contribution in [3.63, 3.8) is 0 Å². The van der Waals surface area contributed by atoms with Crippen LogP contribution in [0.1, 0.15) is 6.92 Å². The predicted octanol–water partition coefficient (Wildman–Crippen LogP) is 1.93. The Labute approximate surface area is 101 Å². The minimum absolute atomic E-state index is 0.112. The number of alkyl halides is 7. The molecule has 0 unspecified atom stereocenters. The van der Waals surface area contributed by atoms with Gasteiger partial charge in [-0.15, -0.1) is 0 Å². The van der Waals surface area contributed by atoms with Crippen LogP contribution in [-0.4, -0.2) is 43.2 Å². The molecule has 0 spiro atoms. The Kier molecular flexibility index (Phi) is 5.30. The largest absolute Gasteiger partial charge is 0.434 e. The Morgan fingerprint density at radius 1 is 0.947 bits per heavy atom. The first-order valence-corrected chi connectivity index (χ1v) is 4.40. The third kappa shape index (κ3) is 4.65. The van der Waals surface area contributed by atoms with Crippen molar-refractivity contribution >= 4 is 11.8 Å². The highest BCUT2D eigenvalue weighted by Gasteiger charge is 2.66. The highest BCUT2D eigenvalue weighted by atomic mass is 19.4. The number of ketones is 1. The summed E-state index contributed by atoms with van der Waals surface area (Å²) in [5, 5.41) is 0. The lowest BCUT2D eigenvalue weighted by Crippen LogP contribution is -2.52. The summed E-state index contributed by atoms with van der Waals surface area (Å²) >= 11 is 0. The van der Waals surface area contributed by atoms with Crippen LogP contribution in [0.15, 0.2) is 0 Å². The third-order valence-electron chi connectivity index (χ3n) is 1.63. The molecule has 0 bridgehead atoms. The molecule has 0 rings (SSSR count). The highest BCUT2D eigenvalue weighted by Crippen LogP contribution is 2.36. The zero-order valence-electron chi connectivity index (χ0n) is 9.19. The van der Waals surface area contributed by atoms with Gasteiger partial charge in [-0.05, 0) is 0 Å². The topological polar surface area (TPSA) is 52.6 Å². The number of Topliss-reactive ketones (excluding diaryl/α,β-unsaturated/α-hetero) is 1. The van der Waals surface area contributed by atoms with E-state index in [0.29, 0.717) is 0 Å². The molecule has 0 aliphatic carbocycles. The summed E-state index contributed by atoms with van der Waals surface area (Å²) in [6, 6.07) is 0. The first kappa shape index (κ1) is 17.6. The molecule has 19 heavy (non-hydrogen) atoms. The number of hydrogen-bond donors (Lipinski definition) is 0. The van der Waals surface area contributed by atoms with Crippen molar-refractivity contribution in [1.82, 2.24) is 0 Å². The molecule has 0 N–H and O–H groups in total. The molecular weight excluding hydrogens is 293 g/mol. The van der Waals surface area contributed by atoms with Gasteiger partial charge in [-0.2, -0.15) is 30.7 Å². The van der Waals surface area contributed by atoms with Gasteiger partial charge >= 0.3 is 24.0 Å². The Morgan fingerprint density at radius 3 is 1.79 bits per heavy atom. The minimum Gasteiger partial charge on any atom is -0.434 e. The number of halogens is 7. The molecule has 0 saturated carbocycles. The van der Waals surface area contributed by atoms with Crippen molar-refractivity contribution in [2.24, 2.45) is 0 Å². The van der Waals surface area contributed by atoms with Gasteiger partial charge in [-0.3, -0.25) is 4.79 Å². The van der Waals surface area contributed by atoms with E-state index in [1.807, 2.05) is 0 Å². The molecule has 0 saturated heterocycles. The van der Waals surface area contributed by atoms with E-state index in [1.54, 1.807) is 0 Å². The van der Waals surface area contributed by atoms with Crippen molar-refractivity contribution < 1.29 is 49.8 Å². The Hall–Kier alpha value is -1.39. The average molecular weight is 300 g/mol. The van der Waals surface area contributed by atoms with Crippen LogP contribution in [0, 0.1) is 0 Å². The fraction of sp³-hybridized carbons (Fsp3) is 0.750. The van der Waals surface area contributed by atoms with Gasteiger partial charge in [0.25, 0.3) is 0 Å². The van der Waals surface area contributed by atoms with Crippen LogP contribution < -0.4 is 0 Å². The van der Waals surface area contributed by atoms with E-state index in [9.17, 15) is 40.3 Å². The van der Waals surface area contributed by atoms with Gasteiger partial charge in [0.1, 0.15) is 6.61 Å². The van der Waals surface area contributed by atoms with Gasteiger partial charge < -0.3 is 9.47 Å². The molecule has 0 aliphatic rings. The van der Waals surface area contributed by atoms with Gasteiger partial charge in [-0.1, -0.05) is 0 Å². The summed E-state index contributed by atoms with van der Waals surface area (Å²) in [5.41, 5.74) is 0. The van der Waals surface area contributed by atoms with E-state index in [2.05, 4.69) is 9.47 Å². The van der Waals surface area contributed by atoms with E-state index in [4.69, 9.17) is 0 Å². The smallest absolute Gasteiger partial charge is 0.411 e. The Morgan fingerprint density at radius 2 is 1.42 bits per heavy atom. The van der Waals surface area contributed by atoms with Gasteiger partial charge in [0.2, 0.25) is 5.78 Å². The average Bonchev–Trinajstić information content (AvgIpc) is 2.22. The second-order valence-corrected chi connectivity index (χ2v) is 3.22. The Bertz CT molecular complexity index is 349. The standard InChI is InChI=1S/C8H7F7O4/c1-4(16)7(12,13)8(14,15)5(17)19-3-18-2-6(9,10)11/h2-3H2,1H3. The molecule has 0 aromatic rings. The van der Waals surface area contributed by atoms with Gasteiger partial charge in [-0.25, -0.2) is 4.79 Å². The van der Waals surface area contributed by atoms with Crippen molar-refractivity contribution in [2.75, 3.05) is 13.4 Å². The van der Waals surface area contributed by atoms with Crippen LogP contribution in [-0.2, 0) is 19.1 Å². The van der Waals surface area contributed by atoms with Crippen molar-refractivity contribution in [3.05, 3.63) is 0 Å². The van der Waals surface area contributed by atoms with Crippen LogP contribution >= 0.6 is 0 Å². The summed E-state index contributed by atoms with van der Waals surface area (Å²) in [4.78, 5) is 20.8. The zero-order chi connectivity index (χ0) is 15.5. The maximum atomic E-state index is 12.8. The second kappa shape index (κ2) is 5.72. The lowest BCUT2D eigenvalue weighted by atomic mass is 10.1. The second-order valence-electron chi connectivity index (χ2n) is 3.22. The van der Waals surface area contributed by atoms with Gasteiger partial charge in [0, 0.05) is 6.92 Å². The van der Waals surface area contributed by atoms with Crippen molar-refractivity contribution in [3.8, 4) is 0 Å². The summed E-state index contributed by atoms with van der Waals surface area (Å²) in [6.45, 7) is -3.42. The van der Waals surface area contributed by atoms with E-state index < -0.39 is 43.2 Å². The maximum Gasteiger partial charge on any atom is 0.411 e. The minimum atomic E-state index is -5.50. The quantitative estimate of drug-likeness (QED) is 0.325. The maximum absolute atomic E-state index is 12.8. The number of esters is 1. The van der Waals surface area contributed by atoms with Gasteiger partial charge in [0.05, 0.1) is 0 Å². The molecule has 4 nitrogen and oxygen atoms in total. The normalized spacial score (nSPS) is 13.3. The summed E-state index contributed by atoms with van der Waals surface area (Å²) in [7, 11) is 0. The zero-order valence-corrected chi connectivity index (χ0v) is 9.19. The highest BCUT2D eigenvalue weighted by molar-refractivity contribution is 5.92. The van der Waals surface area contributed by atoms with Crippen LogP contribution in [0.4, 0.5) is 30.7 Å². The molecule has 0 atom stereocenters. The first-order chi connectivity index (χ1) is 8.32. The van der Waals surface area contributed by atoms with Gasteiger partial charge in [0.15, 0.2) is 6.79 Å². The Balaban J connectivity index is 4.46. The van der Waals surface area contributed by atoms with Crippen LogP contribution in [0.5, 0.6) is 0 Å². The summed E-state index contributed by atoms with van der Waals surface area (Å²) in [6.07, 6.45) is -4.81. The van der Waals surface area contributed by atoms with E-state index >= 15 is 0 Å². The van der Waals surface area contributed by atoms with E-state index in [0.717, 1.165) is 0 Å². The van der Waals surface area contributed by atoms with E-state index in [1.165, 1.54) is 0 Å². The number of ether oxygens (including phenoxy) is 2. The molecule has 0 fully saturated rings. The summed E-state index contributed by atoms with van der Waals surface area (Å²) < 4.78 is 92.5. The van der Waals surface area contributed by atoms with Crippen LogP contribution in [0.3, 0.4) is 0 Å². The molecular formula is C8H7F7O4. The monoisotopic (exact) mass is 300 g/mol. The number of rotatable bonds is 6. The fourth-order valence-electron chi connectivity index (χ4n) is 0.692. The summed E-state index contributed by atoms with van der Waals surface area (Å²) in [5.74, 6) is -16.0. The van der Waals surface area contributed by atoms with Crippen molar-refractivity contribution in [1.29, 1.82) is 0 Å². The molecule has 0 radical (unpaired) electrons. The van der Waals surface area contributed by atoms with Crippen molar-refractivity contribution in [2.45, 2.75) is 24.9 Å². The molecule has 0 amide bonds. The van der Waals surface area contributed by atoms with Crippen LogP contribution in [0.2, 0.25) is 0 Å². The number of hydrogen-bond acceptors (Lipinski definition) is 4. The SMILES string of the molecule is CC(=O)C(F)(F)C(F)(F)C(=O)OCOCC(F)(F)F. The molecule has 0 aromatic heterocycles. The molecule has 0 aliphatic heterocycles. The number of carbonyl (C=O) groups is 2. The van der Waals surface area contributed by atoms with E-state index in [-0.39, 0.29) is 6.92 Å². The fourth-order valence-corrected chi connectivity index (χ4v) is 0.692. The molecule has 0 heterocycles. The predicted molar refractivity (Wildman–Crippen MR) is 43.5 cm³/mol. The molecule has 11 heteroatoms. The molecule has 0 aromatic carbocycles. The molecule has 112 valence electrons. The third-order valence-corrected chi connectivity index (χ3v) is 1.63. The first-order valence-electron chi connectivity index (χ1n) is 4.40. The lowest BCUT2D eigenvalue weighted by molar-refractivity contribution is -0.237. The number of carbonyl (C=O) groups excluding carboxylic acids is 2. The lowest BCUT2D eigenvalue weighted by Gasteiger charge is -2.22. The van der Waals surface area contributed by atoms with Crippen LogP contribution in [0.25, 0.3) is 0 Å².